The second-order valence-corrected chi connectivity index (χ2v) is 3.49. The molecule has 1 aliphatic rings. The molecule has 66 valence electrons. The van der Waals surface area contributed by atoms with Crippen LogP contribution in [0.15, 0.2) is 0 Å². The third-order valence-corrected chi connectivity index (χ3v) is 2.37. The van der Waals surface area contributed by atoms with Gasteiger partial charge in [0.05, 0.1) is 6.10 Å². The fraction of sp³-hybridized carbons (Fsp3) is 1.00. The van der Waals surface area contributed by atoms with Gasteiger partial charge in [0.2, 0.25) is 0 Å². The van der Waals surface area contributed by atoms with Crippen LogP contribution in [0.2, 0.25) is 0 Å². The van der Waals surface area contributed by atoms with Crippen molar-refractivity contribution in [2.45, 2.75) is 32.0 Å². The molecule has 2 atom stereocenters. The van der Waals surface area contributed by atoms with Crippen LogP contribution in [0, 0.1) is 0 Å². The van der Waals surface area contributed by atoms with Crippen molar-refractivity contribution in [2.24, 2.45) is 5.73 Å². The van der Waals surface area contributed by atoms with Gasteiger partial charge >= 0.3 is 0 Å². The maximum absolute atomic E-state index is 5.85. The van der Waals surface area contributed by atoms with Crippen LogP contribution in [-0.4, -0.2) is 43.3 Å². The lowest BCUT2D eigenvalue weighted by Crippen LogP contribution is -2.34. The summed E-state index contributed by atoms with van der Waals surface area (Å²) in [5, 5.41) is 0. The molecule has 0 radical (unpaired) electrons. The molecule has 0 bridgehead atoms. The number of ether oxygens (including phenoxy) is 1. The number of methoxy groups -OCH3 is 1. The lowest BCUT2D eigenvalue weighted by atomic mass is 10.2. The highest BCUT2D eigenvalue weighted by Crippen LogP contribution is 2.13. The quantitative estimate of drug-likeness (QED) is 0.617. The Morgan fingerprint density at radius 3 is 2.36 bits per heavy atom. The van der Waals surface area contributed by atoms with Crippen LogP contribution in [0.1, 0.15) is 13.8 Å². The summed E-state index contributed by atoms with van der Waals surface area (Å²) >= 11 is 0. The van der Waals surface area contributed by atoms with Crippen molar-refractivity contribution in [3.63, 3.8) is 0 Å². The van der Waals surface area contributed by atoms with Gasteiger partial charge in [-0.3, -0.25) is 4.90 Å². The monoisotopic (exact) mass is 158 g/mol. The van der Waals surface area contributed by atoms with Gasteiger partial charge in [-0.15, -0.1) is 0 Å². The van der Waals surface area contributed by atoms with Crippen molar-refractivity contribution < 1.29 is 4.74 Å². The SMILES string of the molecule is CO[C@@H]1CN(C(C)C)C[C@@H]1N. The highest BCUT2D eigenvalue weighted by molar-refractivity contribution is 4.88. The maximum atomic E-state index is 5.85. The van der Waals surface area contributed by atoms with E-state index in [1.165, 1.54) is 0 Å². The Labute approximate surface area is 68.5 Å². The van der Waals surface area contributed by atoms with Gasteiger partial charge in [0.15, 0.2) is 0 Å². The van der Waals surface area contributed by atoms with E-state index in [9.17, 15) is 0 Å². The van der Waals surface area contributed by atoms with Crippen LogP contribution in [0.3, 0.4) is 0 Å². The van der Waals surface area contributed by atoms with Gasteiger partial charge in [-0.1, -0.05) is 0 Å². The molecule has 2 N–H and O–H groups in total. The van der Waals surface area contributed by atoms with Crippen molar-refractivity contribution in [3.05, 3.63) is 0 Å². The molecule has 0 aromatic rings. The fourth-order valence-electron chi connectivity index (χ4n) is 1.50. The molecule has 0 aromatic heterocycles. The first kappa shape index (κ1) is 8.97. The van der Waals surface area contributed by atoms with Crippen LogP contribution < -0.4 is 5.73 Å². The zero-order chi connectivity index (χ0) is 8.43. The third kappa shape index (κ3) is 1.92. The minimum Gasteiger partial charge on any atom is -0.378 e. The molecule has 0 aliphatic carbocycles. The molecule has 1 fully saturated rings. The molecule has 1 rings (SSSR count). The Morgan fingerprint density at radius 2 is 2.09 bits per heavy atom. The molecular formula is C8H18N2O. The molecular weight excluding hydrogens is 140 g/mol. The van der Waals surface area contributed by atoms with Crippen LogP contribution in [-0.2, 0) is 4.74 Å². The molecule has 11 heavy (non-hydrogen) atoms. The normalized spacial score (nSPS) is 33.5. The zero-order valence-corrected chi connectivity index (χ0v) is 7.58. The number of rotatable bonds is 2. The maximum Gasteiger partial charge on any atom is 0.0861 e. The molecule has 3 heteroatoms. The van der Waals surface area contributed by atoms with Gasteiger partial charge in [0.1, 0.15) is 0 Å². The van der Waals surface area contributed by atoms with E-state index >= 15 is 0 Å². The van der Waals surface area contributed by atoms with Crippen LogP contribution in [0.25, 0.3) is 0 Å². The summed E-state index contributed by atoms with van der Waals surface area (Å²) in [7, 11) is 1.73. The van der Waals surface area contributed by atoms with Gasteiger partial charge in [0.25, 0.3) is 0 Å². The summed E-state index contributed by atoms with van der Waals surface area (Å²) in [6.45, 7) is 6.32. The topological polar surface area (TPSA) is 38.5 Å². The van der Waals surface area contributed by atoms with E-state index in [0.717, 1.165) is 13.1 Å². The van der Waals surface area contributed by atoms with E-state index in [-0.39, 0.29) is 12.1 Å². The van der Waals surface area contributed by atoms with Crippen molar-refractivity contribution in [1.29, 1.82) is 0 Å². The highest BCUT2D eigenvalue weighted by atomic mass is 16.5. The van der Waals surface area contributed by atoms with Gasteiger partial charge < -0.3 is 10.5 Å². The average molecular weight is 158 g/mol. The summed E-state index contributed by atoms with van der Waals surface area (Å²) in [6.07, 6.45) is 0.234. The molecule has 0 aromatic carbocycles. The number of hydrogen-bond acceptors (Lipinski definition) is 3. The van der Waals surface area contributed by atoms with Crippen LogP contribution >= 0.6 is 0 Å². The molecule has 0 spiro atoms. The summed E-state index contributed by atoms with van der Waals surface area (Å²) < 4.78 is 5.24. The molecule has 1 heterocycles. The molecule has 3 nitrogen and oxygen atoms in total. The van der Waals surface area contributed by atoms with Crippen molar-refractivity contribution in [3.8, 4) is 0 Å². The largest absolute Gasteiger partial charge is 0.378 e. The van der Waals surface area contributed by atoms with Crippen LogP contribution in [0.4, 0.5) is 0 Å². The van der Waals surface area contributed by atoms with Crippen molar-refractivity contribution >= 4 is 0 Å². The average Bonchev–Trinajstić information content (AvgIpc) is 2.31. The second kappa shape index (κ2) is 3.52. The minimum absolute atomic E-state index is 0.197. The van der Waals surface area contributed by atoms with E-state index in [1.54, 1.807) is 7.11 Å². The third-order valence-electron chi connectivity index (χ3n) is 2.37. The number of nitrogens with zero attached hydrogens (tertiary/aromatic N) is 1. The molecule has 0 amide bonds. The first-order chi connectivity index (χ1) is 5.15. The Balaban J connectivity index is 2.43. The zero-order valence-electron chi connectivity index (χ0n) is 7.58. The smallest absolute Gasteiger partial charge is 0.0861 e. The Bertz CT molecular complexity index is 127. The second-order valence-electron chi connectivity index (χ2n) is 3.49. The fourth-order valence-corrected chi connectivity index (χ4v) is 1.50. The van der Waals surface area contributed by atoms with Gasteiger partial charge in [-0.25, -0.2) is 0 Å². The first-order valence-electron chi connectivity index (χ1n) is 4.17. The predicted octanol–water partition coefficient (Wildman–Crippen LogP) is 0.0527. The Hall–Kier alpha value is -0.120. The van der Waals surface area contributed by atoms with Crippen molar-refractivity contribution in [2.75, 3.05) is 20.2 Å². The summed E-state index contributed by atoms with van der Waals surface area (Å²) in [6, 6.07) is 0.781. The molecule has 1 saturated heterocycles. The highest BCUT2D eigenvalue weighted by Gasteiger charge is 2.30. The van der Waals surface area contributed by atoms with E-state index in [2.05, 4.69) is 18.7 Å². The van der Waals surface area contributed by atoms with E-state index in [4.69, 9.17) is 10.5 Å². The summed E-state index contributed by atoms with van der Waals surface area (Å²) in [5.74, 6) is 0. The summed E-state index contributed by atoms with van der Waals surface area (Å²) in [4.78, 5) is 2.35. The Morgan fingerprint density at radius 1 is 1.45 bits per heavy atom. The van der Waals surface area contributed by atoms with Crippen LogP contribution in [0.5, 0.6) is 0 Å². The van der Waals surface area contributed by atoms with Gasteiger partial charge in [0, 0.05) is 32.3 Å². The van der Waals surface area contributed by atoms with E-state index < -0.39 is 0 Å². The summed E-state index contributed by atoms with van der Waals surface area (Å²) in [5.41, 5.74) is 5.85. The molecule has 1 aliphatic heterocycles. The van der Waals surface area contributed by atoms with Crippen molar-refractivity contribution in [1.82, 2.24) is 4.90 Å². The number of likely N-dealkylation sites (tertiary alicyclic amines) is 1. The number of nitrogens with two attached hydrogens (primary N) is 1. The first-order valence-corrected chi connectivity index (χ1v) is 4.17. The Kier molecular flexibility index (Phi) is 2.87. The lowest BCUT2D eigenvalue weighted by molar-refractivity contribution is 0.0951. The van der Waals surface area contributed by atoms with Gasteiger partial charge in [-0.2, -0.15) is 0 Å². The standard InChI is InChI=1S/C8H18N2O/c1-6(2)10-4-7(9)8(5-10)11-3/h6-8H,4-5,9H2,1-3H3/t7-,8+/m0/s1. The number of hydrogen-bond donors (Lipinski definition) is 1. The lowest BCUT2D eigenvalue weighted by Gasteiger charge is -2.19. The minimum atomic E-state index is 0.197. The molecule has 0 saturated carbocycles. The van der Waals surface area contributed by atoms with E-state index in [1.807, 2.05) is 0 Å². The van der Waals surface area contributed by atoms with E-state index in [0.29, 0.717) is 6.04 Å². The molecule has 0 unspecified atom stereocenters. The predicted molar refractivity (Wildman–Crippen MR) is 45.5 cm³/mol. The van der Waals surface area contributed by atoms with Gasteiger partial charge in [-0.05, 0) is 13.8 Å².